The summed E-state index contributed by atoms with van der Waals surface area (Å²) >= 11 is 0. The third kappa shape index (κ3) is 10.2. The molecule has 0 radical (unpaired) electrons. The van der Waals surface area contributed by atoms with Gasteiger partial charge in [-0.05, 0) is 121 Å². The average molecular weight is 917 g/mol. The van der Waals surface area contributed by atoms with Crippen molar-refractivity contribution in [2.75, 3.05) is 32.8 Å². The number of fused-ring (bicyclic) bond motifs is 5. The second kappa shape index (κ2) is 18.9. The number of hydrogen-bond acceptors (Lipinski definition) is 11. The second-order valence-corrected chi connectivity index (χ2v) is 22.7. The first-order valence-corrected chi connectivity index (χ1v) is 25.4. The predicted molar refractivity (Wildman–Crippen MR) is 247 cm³/mol. The Balaban J connectivity index is 1.13. The van der Waals surface area contributed by atoms with E-state index in [1.54, 1.807) is 6.92 Å². The van der Waals surface area contributed by atoms with Crippen LogP contribution in [0.3, 0.4) is 0 Å². The number of nitrogens with zero attached hydrogens (tertiary/aromatic N) is 3. The molecule has 3 aliphatic carbocycles. The largest absolute Gasteiger partial charge is 0.492 e. The lowest BCUT2D eigenvalue weighted by molar-refractivity contribution is -0.143. The Morgan fingerprint density at radius 2 is 1.82 bits per heavy atom. The zero-order valence-corrected chi connectivity index (χ0v) is 39.4. The van der Waals surface area contributed by atoms with Gasteiger partial charge in [0.1, 0.15) is 35.6 Å². The lowest BCUT2D eigenvalue weighted by Gasteiger charge is -2.35. The van der Waals surface area contributed by atoms with Crippen molar-refractivity contribution in [3.8, 4) is 11.6 Å². The van der Waals surface area contributed by atoms with Crippen LogP contribution in [-0.2, 0) is 35.6 Å². The van der Waals surface area contributed by atoms with Gasteiger partial charge in [0.2, 0.25) is 27.7 Å². The van der Waals surface area contributed by atoms with Crippen LogP contribution >= 0.6 is 0 Å². The normalized spacial score (nSPS) is 30.0. The van der Waals surface area contributed by atoms with Crippen LogP contribution in [0.25, 0.3) is 10.9 Å². The number of pyridine rings is 1. The maximum Gasteiger partial charge on any atom is 0.408 e. The summed E-state index contributed by atoms with van der Waals surface area (Å²) in [5, 5.41) is 6.62. The number of ether oxygens (including phenoxy) is 3. The molecule has 4 amide bonds. The molecule has 65 heavy (non-hydrogen) atoms. The fraction of sp³-hybridized carbons (Fsp3) is 0.653. The third-order valence-electron chi connectivity index (χ3n) is 14.6. The van der Waals surface area contributed by atoms with Crippen molar-refractivity contribution in [1.29, 1.82) is 0 Å². The summed E-state index contributed by atoms with van der Waals surface area (Å²) < 4.78 is 47.3. The minimum atomic E-state index is -4.02. The van der Waals surface area contributed by atoms with Gasteiger partial charge in [0.15, 0.2) is 0 Å². The van der Waals surface area contributed by atoms with E-state index in [9.17, 15) is 22.8 Å². The van der Waals surface area contributed by atoms with Gasteiger partial charge in [0, 0.05) is 24.3 Å². The first kappa shape index (κ1) is 46.8. The smallest absolute Gasteiger partial charge is 0.408 e. The maximum absolute atomic E-state index is 15.0. The van der Waals surface area contributed by atoms with Gasteiger partial charge >= 0.3 is 6.09 Å². The number of sulfonamides is 1. The zero-order valence-electron chi connectivity index (χ0n) is 38.6. The number of para-hydroxylation sites is 1. The van der Waals surface area contributed by atoms with Gasteiger partial charge in [-0.2, -0.15) is 0 Å². The SMILES string of the molecule is C=C[C@@H]1C[C@]1(NC(=O)[C@@H]1C[C@@H]2CN1C(=O)[C@H](C(C)(C)C)NC(=O)O[C@@H]1CCC[C@H]1CC/C=C/Cc1c(nc3ccccc3c1OCCCN1CCCCC1)O2)C(=O)NS(=O)(=O)C1(C)CC1. The van der Waals surface area contributed by atoms with Crippen LogP contribution in [0.1, 0.15) is 117 Å². The minimum Gasteiger partial charge on any atom is -0.492 e. The van der Waals surface area contributed by atoms with E-state index in [1.165, 1.54) is 30.2 Å². The topological polar surface area (TPSA) is 186 Å². The van der Waals surface area contributed by atoms with Crippen molar-refractivity contribution >= 4 is 44.7 Å². The average Bonchev–Trinajstić information content (AvgIpc) is 4.09. The Labute approximate surface area is 383 Å². The predicted octanol–water partition coefficient (Wildman–Crippen LogP) is 6.10. The number of carbonyl (C=O) groups excluding carboxylic acids is 4. The molecule has 8 rings (SSSR count). The number of rotatable bonds is 11. The van der Waals surface area contributed by atoms with Crippen molar-refractivity contribution in [2.45, 2.75) is 152 Å². The van der Waals surface area contributed by atoms with E-state index in [0.717, 1.165) is 69.1 Å². The number of allylic oxidation sites excluding steroid dienone is 2. The highest BCUT2D eigenvalue weighted by Gasteiger charge is 2.63. The maximum atomic E-state index is 15.0. The molecule has 4 heterocycles. The molecule has 16 heteroatoms. The molecule has 7 atom stereocenters. The van der Waals surface area contributed by atoms with E-state index >= 15 is 4.79 Å². The highest BCUT2D eigenvalue weighted by atomic mass is 32.2. The molecule has 1 aromatic heterocycles. The van der Waals surface area contributed by atoms with E-state index in [4.69, 9.17) is 19.2 Å². The lowest BCUT2D eigenvalue weighted by atomic mass is 9.85. The van der Waals surface area contributed by atoms with Crippen LogP contribution in [0.4, 0.5) is 4.79 Å². The number of piperidine rings is 1. The highest BCUT2D eigenvalue weighted by Crippen LogP contribution is 2.47. The molecular formula is C49H68N6O9S. The summed E-state index contributed by atoms with van der Waals surface area (Å²) in [6, 6.07) is 5.53. The molecule has 3 N–H and O–H groups in total. The van der Waals surface area contributed by atoms with Gasteiger partial charge in [-0.15, -0.1) is 6.58 Å². The van der Waals surface area contributed by atoms with Crippen molar-refractivity contribution in [3.05, 3.63) is 54.6 Å². The number of aromatic nitrogens is 1. The van der Waals surface area contributed by atoms with Gasteiger partial charge in [0.25, 0.3) is 5.91 Å². The first-order chi connectivity index (χ1) is 31.0. The molecule has 6 aliphatic rings. The first-order valence-electron chi connectivity index (χ1n) is 23.9. The molecule has 2 saturated heterocycles. The lowest BCUT2D eigenvalue weighted by Crippen LogP contribution is -2.60. The van der Waals surface area contributed by atoms with E-state index < -0.39 is 73.6 Å². The van der Waals surface area contributed by atoms with Crippen molar-refractivity contribution < 1.29 is 41.8 Å². The fourth-order valence-corrected chi connectivity index (χ4v) is 11.5. The number of carbonyl (C=O) groups is 4. The van der Waals surface area contributed by atoms with E-state index in [2.05, 4.69) is 39.0 Å². The quantitative estimate of drug-likeness (QED) is 0.175. The molecule has 5 fully saturated rings. The third-order valence-corrected chi connectivity index (χ3v) is 16.8. The molecular weight excluding hydrogens is 849 g/mol. The van der Waals surface area contributed by atoms with Crippen LogP contribution in [0, 0.1) is 17.3 Å². The number of hydrogen-bond donors (Lipinski definition) is 3. The van der Waals surface area contributed by atoms with Gasteiger partial charge < -0.3 is 34.6 Å². The van der Waals surface area contributed by atoms with E-state index in [1.807, 2.05) is 45.0 Å². The summed E-state index contributed by atoms with van der Waals surface area (Å²) in [7, 11) is -4.02. The number of likely N-dealkylation sites (tertiary alicyclic amines) is 1. The molecule has 3 saturated carbocycles. The molecule has 1 aromatic carbocycles. The van der Waals surface area contributed by atoms with Crippen LogP contribution in [0.2, 0.25) is 0 Å². The number of nitrogens with one attached hydrogen (secondary N) is 3. The van der Waals surface area contributed by atoms with E-state index in [0.29, 0.717) is 43.0 Å². The van der Waals surface area contributed by atoms with Crippen LogP contribution in [-0.4, -0.2) is 114 Å². The molecule has 354 valence electrons. The summed E-state index contributed by atoms with van der Waals surface area (Å²) in [4.78, 5) is 66.3. The van der Waals surface area contributed by atoms with Crippen LogP contribution in [0.5, 0.6) is 11.6 Å². The molecule has 0 spiro atoms. The van der Waals surface area contributed by atoms with Gasteiger partial charge in [-0.1, -0.05) is 57.6 Å². The van der Waals surface area contributed by atoms with Crippen molar-refractivity contribution in [1.82, 2.24) is 30.1 Å². The molecule has 2 bridgehead atoms. The Hall–Kier alpha value is -4.70. The van der Waals surface area contributed by atoms with Crippen molar-refractivity contribution in [3.63, 3.8) is 0 Å². The zero-order chi connectivity index (χ0) is 46.1. The molecule has 15 nitrogen and oxygen atoms in total. The summed E-state index contributed by atoms with van der Waals surface area (Å²) in [5.41, 5.74) is -0.957. The fourth-order valence-electron chi connectivity index (χ4n) is 10.2. The Kier molecular flexibility index (Phi) is 13.6. The van der Waals surface area contributed by atoms with E-state index in [-0.39, 0.29) is 31.4 Å². The molecule has 3 aliphatic heterocycles. The van der Waals surface area contributed by atoms with Crippen LogP contribution in [0.15, 0.2) is 49.1 Å². The van der Waals surface area contributed by atoms with Gasteiger partial charge in [-0.25, -0.2) is 18.2 Å². The molecule has 0 unspecified atom stereocenters. The monoisotopic (exact) mass is 916 g/mol. The number of amides is 4. The number of benzene rings is 1. The van der Waals surface area contributed by atoms with Crippen LogP contribution < -0.4 is 24.8 Å². The Morgan fingerprint density at radius 3 is 2.54 bits per heavy atom. The second-order valence-electron chi connectivity index (χ2n) is 20.6. The van der Waals surface area contributed by atoms with Gasteiger partial charge in [-0.3, -0.25) is 19.1 Å². The van der Waals surface area contributed by atoms with Gasteiger partial charge in [0.05, 0.1) is 29.0 Å². The molecule has 2 aromatic rings. The summed E-state index contributed by atoms with van der Waals surface area (Å²) in [6.07, 6.45) is 14.3. The van der Waals surface area contributed by atoms with Crippen molar-refractivity contribution in [2.24, 2.45) is 17.3 Å². The summed E-state index contributed by atoms with van der Waals surface area (Å²) in [6.45, 7) is 14.6. The summed E-state index contributed by atoms with van der Waals surface area (Å²) in [5.74, 6) is -1.36. The Morgan fingerprint density at radius 1 is 1.05 bits per heavy atom. The Bertz CT molecular complexity index is 2290. The minimum absolute atomic E-state index is 0.0191. The number of alkyl carbamates (subject to hydrolysis) is 1. The highest BCUT2D eigenvalue weighted by molar-refractivity contribution is 7.91. The standard InChI is InChI=1S/C49H68N6O9S/c1-6-33-30-49(33,45(58)53-65(60,61)48(5)23-24-48)52-42(56)38-29-34-31-55(38)44(57)41(47(2,3)4)51-46(59)64-39-22-15-18-32(39)17-9-7-10-20-36-40(62-28-16-27-54-25-13-8-14-26-54)35-19-11-12-21-37(35)50-43(36)63-34/h6-7,10-12,19,21,32-34,38-39,41H,1,8-9,13-18,20,22-31H2,2-5H3,(H,51,59)(H,52,56)(H,53,58)/b10-7+/t32-,33-,34-,38+,39-,41-,49-/m1/s1.